The van der Waals surface area contributed by atoms with E-state index in [1.54, 1.807) is 27.7 Å². The van der Waals surface area contributed by atoms with Gasteiger partial charge < -0.3 is 24.8 Å². The largest absolute Gasteiger partial charge is 0.445 e. The minimum atomic E-state index is -0.611. The van der Waals surface area contributed by atoms with Crippen molar-refractivity contribution in [3.05, 3.63) is 35.9 Å². The van der Waals surface area contributed by atoms with E-state index in [1.807, 2.05) is 30.3 Å². The molecule has 1 aromatic rings. The Bertz CT molecular complexity index is 557. The van der Waals surface area contributed by atoms with Crippen LogP contribution in [-0.4, -0.2) is 53.5 Å². The molecule has 0 heterocycles. The number of aliphatic hydroxyl groups is 1. The van der Waals surface area contributed by atoms with Crippen molar-refractivity contribution in [1.82, 2.24) is 10.2 Å². The summed E-state index contributed by atoms with van der Waals surface area (Å²) in [6.45, 7) is 7.90. The molecule has 0 bridgehead atoms. The average molecular weight is 366 g/mol. The number of nitrogens with one attached hydrogen (secondary N) is 1. The van der Waals surface area contributed by atoms with Gasteiger partial charge in [0, 0.05) is 25.7 Å². The molecule has 1 aromatic carbocycles. The van der Waals surface area contributed by atoms with E-state index >= 15 is 0 Å². The number of nitrogens with zero attached hydrogens (tertiary/aromatic N) is 1. The zero-order valence-corrected chi connectivity index (χ0v) is 16.0. The van der Waals surface area contributed by atoms with Gasteiger partial charge in [0.15, 0.2) is 0 Å². The van der Waals surface area contributed by atoms with Gasteiger partial charge in [0.1, 0.15) is 12.2 Å². The van der Waals surface area contributed by atoms with E-state index in [0.717, 1.165) is 5.56 Å². The van der Waals surface area contributed by atoms with Gasteiger partial charge in [-0.15, -0.1) is 0 Å². The normalized spacial score (nSPS) is 12.2. The van der Waals surface area contributed by atoms with E-state index in [9.17, 15) is 9.59 Å². The molecule has 0 aliphatic carbocycles. The first-order chi connectivity index (χ1) is 12.2. The molecule has 0 unspecified atom stereocenters. The molecule has 2 amide bonds. The highest BCUT2D eigenvalue weighted by Crippen LogP contribution is 2.11. The average Bonchev–Trinajstić information content (AvgIpc) is 2.56. The van der Waals surface area contributed by atoms with Crippen LogP contribution >= 0.6 is 0 Å². The molecular weight excluding hydrogens is 336 g/mol. The molecule has 1 atom stereocenters. The number of aliphatic hydroxyl groups excluding tert-OH is 1. The summed E-state index contributed by atoms with van der Waals surface area (Å²) >= 11 is 0. The Morgan fingerprint density at radius 1 is 1.23 bits per heavy atom. The Hall–Kier alpha value is -2.28. The molecule has 0 aromatic heterocycles. The molecule has 0 saturated carbocycles. The van der Waals surface area contributed by atoms with Gasteiger partial charge >= 0.3 is 12.2 Å². The van der Waals surface area contributed by atoms with Crippen LogP contribution in [0.2, 0.25) is 0 Å². The number of alkyl carbamates (subject to hydrolysis) is 1. The van der Waals surface area contributed by atoms with Crippen LogP contribution < -0.4 is 5.32 Å². The minimum Gasteiger partial charge on any atom is -0.445 e. The first kappa shape index (κ1) is 21.8. The monoisotopic (exact) mass is 366 g/mol. The summed E-state index contributed by atoms with van der Waals surface area (Å²) in [6, 6.07) is 9.05. The molecule has 7 nitrogen and oxygen atoms in total. The fourth-order valence-corrected chi connectivity index (χ4v) is 2.19. The predicted octanol–water partition coefficient (Wildman–Crippen LogP) is 2.92. The number of benzene rings is 1. The van der Waals surface area contributed by atoms with E-state index in [4.69, 9.17) is 14.6 Å². The molecule has 7 heteroatoms. The fraction of sp³-hybridized carbons (Fsp3) is 0.579. The highest BCUT2D eigenvalue weighted by molar-refractivity contribution is 5.69. The number of carbonyl (C=O) groups excluding carboxylic acids is 2. The fourth-order valence-electron chi connectivity index (χ4n) is 2.19. The lowest BCUT2D eigenvalue weighted by Crippen LogP contribution is -2.46. The molecule has 146 valence electrons. The summed E-state index contributed by atoms with van der Waals surface area (Å²) < 4.78 is 10.5. The number of rotatable bonds is 8. The SMILES string of the molecule is C[C@H](CN(CCCO)C(=O)OC(C)(C)C)NC(=O)OCc1ccccc1. The van der Waals surface area contributed by atoms with Gasteiger partial charge in [-0.3, -0.25) is 0 Å². The van der Waals surface area contributed by atoms with E-state index in [0.29, 0.717) is 13.0 Å². The summed E-state index contributed by atoms with van der Waals surface area (Å²) in [7, 11) is 0. The number of ether oxygens (including phenoxy) is 2. The van der Waals surface area contributed by atoms with Gasteiger partial charge in [-0.05, 0) is 39.7 Å². The lowest BCUT2D eigenvalue weighted by atomic mass is 10.2. The van der Waals surface area contributed by atoms with Gasteiger partial charge in [0.2, 0.25) is 0 Å². The van der Waals surface area contributed by atoms with Crippen LogP contribution in [0.4, 0.5) is 9.59 Å². The molecule has 0 saturated heterocycles. The van der Waals surface area contributed by atoms with Crippen molar-refractivity contribution in [2.45, 2.75) is 52.4 Å². The zero-order chi connectivity index (χ0) is 19.6. The Morgan fingerprint density at radius 2 is 1.88 bits per heavy atom. The van der Waals surface area contributed by atoms with Crippen LogP contribution in [-0.2, 0) is 16.1 Å². The second-order valence-corrected chi connectivity index (χ2v) is 7.11. The van der Waals surface area contributed by atoms with Crippen molar-refractivity contribution in [2.75, 3.05) is 19.7 Å². The first-order valence-corrected chi connectivity index (χ1v) is 8.77. The quantitative estimate of drug-likeness (QED) is 0.738. The van der Waals surface area contributed by atoms with E-state index in [2.05, 4.69) is 5.32 Å². The maximum absolute atomic E-state index is 12.3. The lowest BCUT2D eigenvalue weighted by Gasteiger charge is -2.29. The molecule has 0 aliphatic heterocycles. The topological polar surface area (TPSA) is 88.1 Å². The van der Waals surface area contributed by atoms with Crippen molar-refractivity contribution < 1.29 is 24.2 Å². The van der Waals surface area contributed by atoms with Crippen LogP contribution in [0.15, 0.2) is 30.3 Å². The maximum atomic E-state index is 12.3. The standard InChI is InChI=1S/C19H30N2O5/c1-15(20-17(23)25-14-16-9-6-5-7-10-16)13-21(11-8-12-22)18(24)26-19(2,3)4/h5-7,9-10,15,22H,8,11-14H2,1-4H3,(H,20,23)/t15-/m1/s1. The van der Waals surface area contributed by atoms with Crippen LogP contribution in [0.1, 0.15) is 39.7 Å². The van der Waals surface area contributed by atoms with Crippen LogP contribution in [0.3, 0.4) is 0 Å². The lowest BCUT2D eigenvalue weighted by molar-refractivity contribution is 0.0223. The zero-order valence-electron chi connectivity index (χ0n) is 16.0. The second kappa shape index (κ2) is 10.7. The Labute approximate surface area is 155 Å². The third kappa shape index (κ3) is 9.27. The smallest absolute Gasteiger partial charge is 0.410 e. The van der Waals surface area contributed by atoms with Gasteiger partial charge in [-0.1, -0.05) is 30.3 Å². The third-order valence-electron chi connectivity index (χ3n) is 3.31. The third-order valence-corrected chi connectivity index (χ3v) is 3.31. The maximum Gasteiger partial charge on any atom is 0.410 e. The highest BCUT2D eigenvalue weighted by atomic mass is 16.6. The van der Waals surface area contributed by atoms with Gasteiger partial charge in [0.25, 0.3) is 0 Å². The molecule has 1 rings (SSSR count). The second-order valence-electron chi connectivity index (χ2n) is 7.11. The van der Waals surface area contributed by atoms with Crippen molar-refractivity contribution in [2.24, 2.45) is 0 Å². The Morgan fingerprint density at radius 3 is 2.46 bits per heavy atom. The number of carbonyl (C=O) groups is 2. The summed E-state index contributed by atoms with van der Waals surface area (Å²) in [5.74, 6) is 0. The van der Waals surface area contributed by atoms with Gasteiger partial charge in [-0.2, -0.15) is 0 Å². The van der Waals surface area contributed by atoms with E-state index in [1.165, 1.54) is 4.90 Å². The van der Waals surface area contributed by atoms with Crippen molar-refractivity contribution in [3.8, 4) is 0 Å². The highest BCUT2D eigenvalue weighted by Gasteiger charge is 2.23. The summed E-state index contributed by atoms with van der Waals surface area (Å²) in [5.41, 5.74) is 0.286. The summed E-state index contributed by atoms with van der Waals surface area (Å²) in [5, 5.41) is 11.7. The van der Waals surface area contributed by atoms with Gasteiger partial charge in [0.05, 0.1) is 0 Å². The predicted molar refractivity (Wildman–Crippen MR) is 98.7 cm³/mol. The summed E-state index contributed by atoms with van der Waals surface area (Å²) in [4.78, 5) is 25.7. The Balaban J connectivity index is 2.49. The van der Waals surface area contributed by atoms with Crippen LogP contribution in [0.25, 0.3) is 0 Å². The van der Waals surface area contributed by atoms with E-state index < -0.39 is 17.8 Å². The summed E-state index contributed by atoms with van der Waals surface area (Å²) in [6.07, 6.45) is -0.588. The molecule has 26 heavy (non-hydrogen) atoms. The van der Waals surface area contributed by atoms with Crippen molar-refractivity contribution >= 4 is 12.2 Å². The molecule has 0 aliphatic rings. The number of amides is 2. The van der Waals surface area contributed by atoms with E-state index in [-0.39, 0.29) is 25.8 Å². The minimum absolute atomic E-state index is 0.0276. The number of hydrogen-bond acceptors (Lipinski definition) is 5. The number of hydrogen-bond donors (Lipinski definition) is 2. The van der Waals surface area contributed by atoms with Gasteiger partial charge in [-0.25, -0.2) is 9.59 Å². The first-order valence-electron chi connectivity index (χ1n) is 8.77. The molecule has 0 fully saturated rings. The Kier molecular flexibility index (Phi) is 8.92. The van der Waals surface area contributed by atoms with Crippen molar-refractivity contribution in [3.63, 3.8) is 0 Å². The molecule has 2 N–H and O–H groups in total. The van der Waals surface area contributed by atoms with Crippen molar-refractivity contribution in [1.29, 1.82) is 0 Å². The van der Waals surface area contributed by atoms with Crippen LogP contribution in [0, 0.1) is 0 Å². The van der Waals surface area contributed by atoms with Crippen LogP contribution in [0.5, 0.6) is 0 Å². The molecule has 0 spiro atoms. The molecular formula is C19H30N2O5. The molecule has 0 radical (unpaired) electrons.